The van der Waals surface area contributed by atoms with Gasteiger partial charge in [-0.05, 0) is 37.6 Å². The molecule has 0 spiro atoms. The monoisotopic (exact) mass is 467 g/mol. The second kappa shape index (κ2) is 9.66. The van der Waals surface area contributed by atoms with Gasteiger partial charge in [0.05, 0.1) is 25.3 Å². The maximum atomic E-state index is 6.08. The fourth-order valence-corrected chi connectivity index (χ4v) is 2.84. The van der Waals surface area contributed by atoms with Crippen molar-refractivity contribution in [1.29, 1.82) is 0 Å². The lowest BCUT2D eigenvalue weighted by Crippen LogP contribution is -2.37. The van der Waals surface area contributed by atoms with Crippen LogP contribution in [-0.4, -0.2) is 18.7 Å². The maximum Gasteiger partial charge on any atom is 0.189 e. The zero-order valence-corrected chi connectivity index (χ0v) is 17.5. The normalized spacial score (nSPS) is 16.3. The van der Waals surface area contributed by atoms with Crippen molar-refractivity contribution in [2.24, 2.45) is 10.7 Å². The summed E-state index contributed by atoms with van der Waals surface area (Å²) in [4.78, 5) is 4.45. The summed E-state index contributed by atoms with van der Waals surface area (Å²) in [5.74, 6) is 2.23. The van der Waals surface area contributed by atoms with Gasteiger partial charge in [-0.1, -0.05) is 30.3 Å². The molecule has 0 fully saturated rings. The summed E-state index contributed by atoms with van der Waals surface area (Å²) in [6.45, 7) is 5.24. The van der Waals surface area contributed by atoms with Crippen LogP contribution in [0.4, 0.5) is 0 Å². The van der Waals surface area contributed by atoms with Gasteiger partial charge in [0.15, 0.2) is 5.96 Å². The third kappa shape index (κ3) is 5.52. The van der Waals surface area contributed by atoms with Crippen LogP contribution in [0.15, 0.2) is 53.5 Å². The Hall–Kier alpha value is -1.96. The third-order valence-corrected chi connectivity index (χ3v) is 4.01. The largest absolute Gasteiger partial charge is 0.493 e. The minimum atomic E-state index is 0. The molecule has 1 heterocycles. The number of nitrogens with one attached hydrogen (secondary N) is 1. The number of hydrogen-bond acceptors (Lipinski definition) is 3. The van der Waals surface area contributed by atoms with Crippen LogP contribution in [0, 0.1) is 0 Å². The molecule has 1 atom stereocenters. The van der Waals surface area contributed by atoms with Crippen LogP contribution in [0.2, 0.25) is 0 Å². The molecule has 2 aromatic rings. The first kappa shape index (κ1) is 20.4. The summed E-state index contributed by atoms with van der Waals surface area (Å²) in [5.41, 5.74) is 8.30. The first-order valence-electron chi connectivity index (χ1n) is 8.65. The summed E-state index contributed by atoms with van der Waals surface area (Å²) in [5, 5.41) is 3.31. The van der Waals surface area contributed by atoms with Gasteiger partial charge in [-0.15, -0.1) is 24.0 Å². The summed E-state index contributed by atoms with van der Waals surface area (Å²) in [6, 6.07) is 16.1. The fourth-order valence-electron chi connectivity index (χ4n) is 2.84. The van der Waals surface area contributed by atoms with E-state index in [1.807, 2.05) is 56.3 Å². The van der Waals surface area contributed by atoms with Gasteiger partial charge in [-0.3, -0.25) is 0 Å². The van der Waals surface area contributed by atoms with E-state index in [1.165, 1.54) is 0 Å². The van der Waals surface area contributed by atoms with Crippen molar-refractivity contribution in [3.8, 4) is 11.5 Å². The van der Waals surface area contributed by atoms with Crippen molar-refractivity contribution in [1.82, 2.24) is 5.32 Å². The number of benzene rings is 2. The van der Waals surface area contributed by atoms with E-state index in [2.05, 4.69) is 16.4 Å². The van der Waals surface area contributed by atoms with Crippen molar-refractivity contribution in [2.75, 3.05) is 6.61 Å². The van der Waals surface area contributed by atoms with Gasteiger partial charge in [-0.25, -0.2) is 4.99 Å². The number of nitrogens with two attached hydrogens (primary N) is 1. The minimum absolute atomic E-state index is 0. The van der Waals surface area contributed by atoms with Crippen LogP contribution < -0.4 is 20.5 Å². The zero-order chi connectivity index (χ0) is 17.6. The SMILES string of the molecule is CC(C)Oc1ccc(CN=C(N)NC2CCOc3ccccc32)cc1.I. The zero-order valence-electron chi connectivity index (χ0n) is 15.1. The average Bonchev–Trinajstić information content (AvgIpc) is 2.61. The third-order valence-electron chi connectivity index (χ3n) is 4.01. The molecule has 140 valence electrons. The van der Waals surface area contributed by atoms with Crippen LogP contribution >= 0.6 is 24.0 Å². The van der Waals surface area contributed by atoms with Crippen LogP contribution in [-0.2, 0) is 6.54 Å². The van der Waals surface area contributed by atoms with E-state index in [0.717, 1.165) is 29.0 Å². The Balaban J connectivity index is 0.00000243. The molecule has 6 heteroatoms. The Morgan fingerprint density at radius 2 is 1.96 bits per heavy atom. The van der Waals surface area contributed by atoms with Crippen LogP contribution in [0.1, 0.15) is 37.4 Å². The van der Waals surface area contributed by atoms with E-state index in [1.54, 1.807) is 0 Å². The number of fused-ring (bicyclic) bond motifs is 1. The van der Waals surface area contributed by atoms with E-state index in [9.17, 15) is 0 Å². The number of guanidine groups is 1. The van der Waals surface area contributed by atoms with Crippen LogP contribution in [0.3, 0.4) is 0 Å². The summed E-state index contributed by atoms with van der Waals surface area (Å²) < 4.78 is 11.3. The molecule has 0 saturated carbocycles. The van der Waals surface area contributed by atoms with Crippen molar-refractivity contribution < 1.29 is 9.47 Å². The number of ether oxygens (including phenoxy) is 2. The molecule has 1 aliphatic heterocycles. The van der Waals surface area contributed by atoms with Gasteiger partial charge < -0.3 is 20.5 Å². The van der Waals surface area contributed by atoms with Gasteiger partial charge >= 0.3 is 0 Å². The lowest BCUT2D eigenvalue weighted by atomic mass is 10.0. The van der Waals surface area contributed by atoms with E-state index in [-0.39, 0.29) is 36.1 Å². The topological polar surface area (TPSA) is 68.9 Å². The average molecular weight is 467 g/mol. The van der Waals surface area contributed by atoms with Gasteiger partial charge in [0, 0.05) is 12.0 Å². The Morgan fingerprint density at radius 1 is 1.23 bits per heavy atom. The van der Waals surface area contributed by atoms with Crippen molar-refractivity contribution in [2.45, 2.75) is 39.0 Å². The predicted octanol–water partition coefficient (Wildman–Crippen LogP) is 4.02. The number of hydrogen-bond donors (Lipinski definition) is 2. The highest BCUT2D eigenvalue weighted by molar-refractivity contribution is 14.0. The van der Waals surface area contributed by atoms with E-state index in [0.29, 0.717) is 19.1 Å². The first-order chi connectivity index (χ1) is 12.1. The molecule has 1 unspecified atom stereocenters. The second-order valence-electron chi connectivity index (χ2n) is 6.38. The lowest BCUT2D eigenvalue weighted by molar-refractivity contribution is 0.242. The van der Waals surface area contributed by atoms with Crippen LogP contribution in [0.5, 0.6) is 11.5 Å². The molecule has 5 nitrogen and oxygen atoms in total. The van der Waals surface area contributed by atoms with E-state index >= 15 is 0 Å². The molecule has 0 bridgehead atoms. The summed E-state index contributed by atoms with van der Waals surface area (Å²) in [7, 11) is 0. The Kier molecular flexibility index (Phi) is 7.56. The van der Waals surface area contributed by atoms with E-state index < -0.39 is 0 Å². The summed E-state index contributed by atoms with van der Waals surface area (Å²) >= 11 is 0. The summed E-state index contributed by atoms with van der Waals surface area (Å²) in [6.07, 6.45) is 1.04. The fraction of sp³-hybridized carbons (Fsp3) is 0.350. The molecule has 0 aliphatic carbocycles. The standard InChI is InChI=1S/C20H25N3O2.HI/c1-14(2)25-16-9-7-15(8-10-16)13-22-20(21)23-18-11-12-24-19-6-4-3-5-17(18)19;/h3-10,14,18H,11-13H2,1-2H3,(H3,21,22,23);1H. The highest BCUT2D eigenvalue weighted by Gasteiger charge is 2.21. The molecule has 1 aliphatic rings. The molecule has 0 radical (unpaired) electrons. The van der Waals surface area contributed by atoms with Crippen molar-refractivity contribution >= 4 is 29.9 Å². The maximum absolute atomic E-state index is 6.08. The predicted molar refractivity (Wildman–Crippen MR) is 115 cm³/mol. The number of halogens is 1. The highest BCUT2D eigenvalue weighted by Crippen LogP contribution is 2.31. The molecule has 2 aromatic carbocycles. The Morgan fingerprint density at radius 3 is 2.69 bits per heavy atom. The van der Waals surface area contributed by atoms with Gasteiger partial charge in [0.25, 0.3) is 0 Å². The first-order valence-corrected chi connectivity index (χ1v) is 8.65. The Bertz CT molecular complexity index is 732. The quantitative estimate of drug-likeness (QED) is 0.396. The van der Waals surface area contributed by atoms with Gasteiger partial charge in [0.2, 0.25) is 0 Å². The number of rotatable bonds is 5. The molecular weight excluding hydrogens is 441 g/mol. The molecule has 3 N–H and O–H groups in total. The molecule has 0 amide bonds. The van der Waals surface area contributed by atoms with E-state index in [4.69, 9.17) is 15.2 Å². The van der Waals surface area contributed by atoms with Crippen LogP contribution in [0.25, 0.3) is 0 Å². The minimum Gasteiger partial charge on any atom is -0.493 e. The lowest BCUT2D eigenvalue weighted by Gasteiger charge is -2.26. The van der Waals surface area contributed by atoms with Crippen molar-refractivity contribution in [3.63, 3.8) is 0 Å². The number of nitrogens with zero attached hydrogens (tertiary/aromatic N) is 1. The number of aliphatic imine (C=N–C) groups is 1. The molecule has 26 heavy (non-hydrogen) atoms. The second-order valence-corrected chi connectivity index (χ2v) is 6.38. The van der Waals surface area contributed by atoms with Crippen molar-refractivity contribution in [3.05, 3.63) is 59.7 Å². The highest BCUT2D eigenvalue weighted by atomic mass is 127. The Labute approximate surface area is 172 Å². The van der Waals surface area contributed by atoms with Gasteiger partial charge in [0.1, 0.15) is 11.5 Å². The molecule has 0 saturated heterocycles. The molecule has 0 aromatic heterocycles. The number of para-hydroxylation sites is 1. The smallest absolute Gasteiger partial charge is 0.189 e. The molecule has 3 rings (SSSR count). The molecular formula is C20H26IN3O2. The van der Waals surface area contributed by atoms with Gasteiger partial charge in [-0.2, -0.15) is 0 Å².